The average Bonchev–Trinajstić information content (AvgIpc) is 2.56. The van der Waals surface area contributed by atoms with E-state index in [0.29, 0.717) is 0 Å². The van der Waals surface area contributed by atoms with E-state index in [2.05, 4.69) is 75.5 Å². The molecule has 0 radical (unpaired) electrons. The Kier molecular flexibility index (Phi) is 4.04. The van der Waals surface area contributed by atoms with E-state index in [1.165, 1.54) is 14.7 Å². The summed E-state index contributed by atoms with van der Waals surface area (Å²) in [5.74, 6) is 0. The van der Waals surface area contributed by atoms with E-state index < -0.39 is 8.46 Å². The predicted molar refractivity (Wildman–Crippen MR) is 95.1 cm³/mol. The second-order valence-corrected chi connectivity index (χ2v) is 10.1. The molecule has 0 fully saturated rings. The monoisotopic (exact) mass is 357 g/mol. The van der Waals surface area contributed by atoms with Crippen LogP contribution in [0.4, 0.5) is 5.69 Å². The number of hydrogen-bond acceptors (Lipinski definition) is 1. The molecule has 3 rings (SSSR count). The summed E-state index contributed by atoms with van der Waals surface area (Å²) < 4.78 is 0. The van der Waals surface area contributed by atoms with Crippen molar-refractivity contribution in [2.24, 2.45) is 0 Å². The summed E-state index contributed by atoms with van der Waals surface area (Å²) >= 11 is 4.08. The third-order valence-electron chi connectivity index (χ3n) is 3.34. The van der Waals surface area contributed by atoms with E-state index in [0.717, 1.165) is 5.69 Å². The van der Waals surface area contributed by atoms with Crippen molar-refractivity contribution in [3.05, 3.63) is 84.9 Å². The molecule has 2 N–H and O–H groups in total. The van der Waals surface area contributed by atoms with Gasteiger partial charge >= 0.3 is 0 Å². The topological polar surface area (TPSA) is 26.0 Å². The lowest BCUT2D eigenvalue weighted by Gasteiger charge is -2.35. The first-order chi connectivity index (χ1) is 10.2. The second-order valence-electron chi connectivity index (χ2n) is 4.73. The SMILES string of the molecule is Nc1ccc(S(Br)(c2ccccc2)c2ccccc2)cc1. The molecular weight excluding hydrogens is 342 g/mol. The van der Waals surface area contributed by atoms with Gasteiger partial charge in [-0.15, -0.1) is 8.46 Å². The fraction of sp³-hybridized carbons (Fsp3) is 0. The highest BCUT2D eigenvalue weighted by molar-refractivity contribution is 9.58. The van der Waals surface area contributed by atoms with E-state index in [1.807, 2.05) is 24.3 Å². The molecule has 0 unspecified atom stereocenters. The van der Waals surface area contributed by atoms with Gasteiger partial charge in [-0.2, -0.15) is 0 Å². The van der Waals surface area contributed by atoms with Crippen LogP contribution in [-0.2, 0) is 0 Å². The normalized spacial score (nSPS) is 12.0. The summed E-state index contributed by atoms with van der Waals surface area (Å²) in [6, 6.07) is 29.3. The highest BCUT2D eigenvalue weighted by atomic mass is 79.9. The van der Waals surface area contributed by atoms with Gasteiger partial charge in [0.1, 0.15) is 0 Å². The number of hydrogen-bond donors (Lipinski definition) is 1. The largest absolute Gasteiger partial charge is 0.399 e. The Hall–Kier alpha value is -1.71. The standard InChI is InChI=1S/C18H16BrNS/c19-21(16-7-3-1-4-8-16,17-9-5-2-6-10-17)18-13-11-15(20)12-14-18/h1-14H,20H2. The van der Waals surface area contributed by atoms with Crippen LogP contribution in [0.2, 0.25) is 0 Å². The van der Waals surface area contributed by atoms with Gasteiger partial charge < -0.3 is 5.73 Å². The van der Waals surface area contributed by atoms with Gasteiger partial charge in [-0.25, -0.2) is 0 Å². The van der Waals surface area contributed by atoms with Gasteiger partial charge in [-0.1, -0.05) is 36.4 Å². The van der Waals surface area contributed by atoms with Crippen molar-refractivity contribution >= 4 is 29.0 Å². The Labute approximate surface area is 134 Å². The summed E-state index contributed by atoms with van der Waals surface area (Å²) in [6.45, 7) is 0. The molecule has 106 valence electrons. The van der Waals surface area contributed by atoms with E-state index >= 15 is 0 Å². The van der Waals surface area contributed by atoms with Crippen LogP contribution in [0.1, 0.15) is 0 Å². The van der Waals surface area contributed by atoms with E-state index in [9.17, 15) is 0 Å². The van der Waals surface area contributed by atoms with Gasteiger partial charge in [-0.3, -0.25) is 0 Å². The van der Waals surface area contributed by atoms with Gasteiger partial charge in [0.05, 0.1) is 0 Å². The maximum atomic E-state index is 5.84. The second kappa shape index (κ2) is 5.96. The summed E-state index contributed by atoms with van der Waals surface area (Å²) in [5.41, 5.74) is 6.63. The molecule has 0 saturated carbocycles. The molecule has 0 aliphatic rings. The Balaban J connectivity index is 2.23. The minimum Gasteiger partial charge on any atom is -0.399 e. The van der Waals surface area contributed by atoms with Crippen molar-refractivity contribution < 1.29 is 0 Å². The molecule has 0 saturated heterocycles. The molecule has 1 nitrogen and oxygen atoms in total. The lowest BCUT2D eigenvalue weighted by Crippen LogP contribution is -1.96. The lowest BCUT2D eigenvalue weighted by molar-refractivity contribution is 1.32. The van der Waals surface area contributed by atoms with Crippen molar-refractivity contribution in [3.8, 4) is 0 Å². The van der Waals surface area contributed by atoms with Crippen LogP contribution in [0.15, 0.2) is 99.6 Å². The van der Waals surface area contributed by atoms with Crippen molar-refractivity contribution in [1.82, 2.24) is 0 Å². The number of rotatable bonds is 3. The molecule has 0 spiro atoms. The van der Waals surface area contributed by atoms with Crippen LogP contribution < -0.4 is 5.73 Å². The van der Waals surface area contributed by atoms with Gasteiger partial charge in [0, 0.05) is 20.4 Å². The van der Waals surface area contributed by atoms with Crippen LogP contribution in [0.25, 0.3) is 0 Å². The van der Waals surface area contributed by atoms with E-state index in [4.69, 9.17) is 5.73 Å². The summed E-state index contributed by atoms with van der Waals surface area (Å²) in [5, 5.41) is 0. The molecular formula is C18H16BrNS. The number of nitrogen functional groups attached to an aromatic ring is 1. The molecule has 3 aromatic rings. The minimum absolute atomic E-state index is 0.786. The quantitative estimate of drug-likeness (QED) is 0.583. The van der Waals surface area contributed by atoms with Crippen LogP contribution in [-0.4, -0.2) is 0 Å². The van der Waals surface area contributed by atoms with Crippen LogP contribution >= 0.6 is 23.3 Å². The predicted octanol–water partition coefficient (Wildman–Crippen LogP) is 5.86. The van der Waals surface area contributed by atoms with E-state index in [-0.39, 0.29) is 0 Å². The number of halogens is 1. The van der Waals surface area contributed by atoms with Crippen LogP contribution in [0.3, 0.4) is 0 Å². The molecule has 0 heterocycles. The first-order valence-corrected chi connectivity index (χ1v) is 10.2. The highest BCUT2D eigenvalue weighted by Crippen LogP contribution is 2.73. The number of benzene rings is 3. The zero-order chi connectivity index (χ0) is 14.7. The van der Waals surface area contributed by atoms with Crippen molar-refractivity contribution in [1.29, 1.82) is 0 Å². The smallest absolute Gasteiger partial charge is 0.0314 e. The third kappa shape index (κ3) is 2.71. The van der Waals surface area contributed by atoms with Crippen molar-refractivity contribution in [2.45, 2.75) is 14.7 Å². The van der Waals surface area contributed by atoms with Crippen LogP contribution in [0, 0.1) is 0 Å². The molecule has 0 atom stereocenters. The molecule has 0 amide bonds. The molecule has 0 aliphatic carbocycles. The number of nitrogens with two attached hydrogens (primary N) is 1. The summed E-state index contributed by atoms with van der Waals surface area (Å²) in [7, 11) is -1.43. The zero-order valence-electron chi connectivity index (χ0n) is 11.4. The first kappa shape index (κ1) is 14.2. The maximum absolute atomic E-state index is 5.84. The van der Waals surface area contributed by atoms with Gasteiger partial charge in [0.2, 0.25) is 0 Å². The van der Waals surface area contributed by atoms with Crippen molar-refractivity contribution in [3.63, 3.8) is 0 Å². The Morgan fingerprint density at radius 2 is 0.952 bits per heavy atom. The fourth-order valence-electron chi connectivity index (χ4n) is 2.28. The average molecular weight is 358 g/mol. The summed E-state index contributed by atoms with van der Waals surface area (Å²) in [4.78, 5) is 3.80. The third-order valence-corrected chi connectivity index (χ3v) is 9.47. The Morgan fingerprint density at radius 1 is 0.571 bits per heavy atom. The van der Waals surface area contributed by atoms with Crippen LogP contribution in [0.5, 0.6) is 0 Å². The molecule has 0 aromatic heterocycles. The minimum atomic E-state index is -1.43. The fourth-order valence-corrected chi connectivity index (χ4v) is 6.61. The Bertz CT molecular complexity index is 672. The van der Waals surface area contributed by atoms with E-state index in [1.54, 1.807) is 0 Å². The van der Waals surface area contributed by atoms with Gasteiger partial charge in [0.25, 0.3) is 0 Å². The highest BCUT2D eigenvalue weighted by Gasteiger charge is 2.27. The lowest BCUT2D eigenvalue weighted by atomic mass is 10.3. The van der Waals surface area contributed by atoms with Gasteiger partial charge in [-0.05, 0) is 63.3 Å². The molecule has 21 heavy (non-hydrogen) atoms. The molecule has 0 bridgehead atoms. The summed E-state index contributed by atoms with van der Waals surface area (Å²) in [6.07, 6.45) is 0. The molecule has 0 aliphatic heterocycles. The van der Waals surface area contributed by atoms with Crippen molar-refractivity contribution in [2.75, 3.05) is 5.73 Å². The zero-order valence-corrected chi connectivity index (χ0v) is 13.8. The molecule has 3 aromatic carbocycles. The Morgan fingerprint density at radius 3 is 1.38 bits per heavy atom. The number of anilines is 1. The molecule has 3 heteroatoms. The maximum Gasteiger partial charge on any atom is 0.0314 e. The first-order valence-electron chi connectivity index (χ1n) is 6.70. The van der Waals surface area contributed by atoms with Gasteiger partial charge in [0.15, 0.2) is 0 Å².